The normalized spacial score (nSPS) is 12.6. The van der Waals surface area contributed by atoms with Crippen LogP contribution in [0.5, 0.6) is 0 Å². The van der Waals surface area contributed by atoms with Crippen LogP contribution < -0.4 is 5.32 Å². The molecule has 0 radical (unpaired) electrons. The van der Waals surface area contributed by atoms with Crippen molar-refractivity contribution in [2.24, 2.45) is 0 Å². The van der Waals surface area contributed by atoms with Crippen LogP contribution in [0.3, 0.4) is 0 Å². The van der Waals surface area contributed by atoms with E-state index in [0.717, 1.165) is 11.0 Å². The van der Waals surface area contributed by atoms with Crippen molar-refractivity contribution >= 4 is 27.3 Å². The van der Waals surface area contributed by atoms with Crippen molar-refractivity contribution in [1.29, 1.82) is 0 Å². The zero-order chi connectivity index (χ0) is 12.3. The molecule has 3 heteroatoms. The number of hydrogen-bond acceptors (Lipinski definition) is 2. The van der Waals surface area contributed by atoms with Gasteiger partial charge in [0.25, 0.3) is 0 Å². The largest absolute Gasteiger partial charge is 0.305 e. The lowest BCUT2D eigenvalue weighted by molar-refractivity contribution is 0.578. The van der Waals surface area contributed by atoms with Gasteiger partial charge in [0.1, 0.15) is 0 Å². The fourth-order valence-corrected chi connectivity index (χ4v) is 2.99. The summed E-state index contributed by atoms with van der Waals surface area (Å²) in [5.74, 6) is 0. The van der Waals surface area contributed by atoms with E-state index in [1.54, 1.807) is 0 Å². The van der Waals surface area contributed by atoms with E-state index in [1.807, 2.05) is 11.3 Å². The summed E-state index contributed by atoms with van der Waals surface area (Å²) >= 11 is 5.36. The fourth-order valence-electron chi connectivity index (χ4n) is 1.73. The summed E-state index contributed by atoms with van der Waals surface area (Å²) in [6.45, 7) is 5.28. The molecular weight excluding hydrogens is 294 g/mol. The van der Waals surface area contributed by atoms with Crippen molar-refractivity contribution in [2.45, 2.75) is 26.4 Å². The Bertz CT molecular complexity index is 492. The average Bonchev–Trinajstić information content (AvgIpc) is 2.72. The van der Waals surface area contributed by atoms with Gasteiger partial charge < -0.3 is 5.32 Å². The van der Waals surface area contributed by atoms with Crippen molar-refractivity contribution in [3.05, 3.63) is 56.2 Å². The molecule has 1 unspecified atom stereocenters. The molecule has 0 spiro atoms. The van der Waals surface area contributed by atoms with Crippen molar-refractivity contribution in [3.8, 4) is 0 Å². The molecule has 1 aromatic heterocycles. The van der Waals surface area contributed by atoms with Crippen LogP contribution in [0.2, 0.25) is 0 Å². The van der Waals surface area contributed by atoms with Gasteiger partial charge in [0.15, 0.2) is 0 Å². The van der Waals surface area contributed by atoms with Crippen LogP contribution >= 0.6 is 27.3 Å². The first-order valence-electron chi connectivity index (χ1n) is 5.69. The SMILES string of the molecule is Cc1ccc(CNC(C)c2cccc(Br)c2)s1. The second kappa shape index (κ2) is 5.80. The van der Waals surface area contributed by atoms with Crippen molar-refractivity contribution in [3.63, 3.8) is 0 Å². The molecule has 1 N–H and O–H groups in total. The lowest BCUT2D eigenvalue weighted by Crippen LogP contribution is -2.17. The molecule has 17 heavy (non-hydrogen) atoms. The first kappa shape index (κ1) is 12.8. The van der Waals surface area contributed by atoms with Crippen LogP contribution in [0.1, 0.15) is 28.3 Å². The molecule has 2 rings (SSSR count). The summed E-state index contributed by atoms with van der Waals surface area (Å²) in [7, 11) is 0. The molecular formula is C14H16BrNS. The van der Waals surface area contributed by atoms with Gasteiger partial charge in [-0.2, -0.15) is 0 Å². The fraction of sp³-hybridized carbons (Fsp3) is 0.286. The third kappa shape index (κ3) is 3.66. The van der Waals surface area contributed by atoms with Gasteiger partial charge in [-0.25, -0.2) is 0 Å². The number of rotatable bonds is 4. The minimum absolute atomic E-state index is 0.370. The molecule has 0 bridgehead atoms. The Labute approximate surface area is 115 Å². The predicted octanol–water partition coefficient (Wildman–Crippen LogP) is 4.67. The van der Waals surface area contributed by atoms with Gasteiger partial charge in [0, 0.05) is 26.8 Å². The molecule has 0 aliphatic heterocycles. The topological polar surface area (TPSA) is 12.0 Å². The highest BCUT2D eigenvalue weighted by Gasteiger charge is 2.05. The Morgan fingerprint density at radius 2 is 2.12 bits per heavy atom. The molecule has 0 saturated heterocycles. The van der Waals surface area contributed by atoms with Gasteiger partial charge in [0.2, 0.25) is 0 Å². The van der Waals surface area contributed by atoms with Crippen LogP contribution in [0.25, 0.3) is 0 Å². The Hall–Kier alpha value is -0.640. The molecule has 1 nitrogen and oxygen atoms in total. The summed E-state index contributed by atoms with van der Waals surface area (Å²) in [4.78, 5) is 2.77. The van der Waals surface area contributed by atoms with Crippen molar-refractivity contribution in [1.82, 2.24) is 5.32 Å². The molecule has 0 aliphatic rings. The molecule has 1 atom stereocenters. The second-order valence-corrected chi connectivity index (χ2v) is 6.46. The standard InChI is InChI=1S/C14H16BrNS/c1-10-6-7-14(17-10)9-16-11(2)12-4-3-5-13(15)8-12/h3-8,11,16H,9H2,1-2H3. The summed E-state index contributed by atoms with van der Waals surface area (Å²) in [6, 6.07) is 13.2. The number of aryl methyl sites for hydroxylation is 1. The van der Waals surface area contributed by atoms with E-state index in [1.165, 1.54) is 15.3 Å². The van der Waals surface area contributed by atoms with E-state index < -0.39 is 0 Å². The number of thiophene rings is 1. The van der Waals surface area contributed by atoms with Gasteiger partial charge >= 0.3 is 0 Å². The molecule has 2 aromatic rings. The number of benzene rings is 1. The molecule has 0 aliphatic carbocycles. The maximum Gasteiger partial charge on any atom is 0.0305 e. The summed E-state index contributed by atoms with van der Waals surface area (Å²) in [5.41, 5.74) is 1.31. The lowest BCUT2D eigenvalue weighted by atomic mass is 10.1. The van der Waals surface area contributed by atoms with E-state index in [0.29, 0.717) is 6.04 Å². The van der Waals surface area contributed by atoms with Crippen LogP contribution in [0.15, 0.2) is 40.9 Å². The van der Waals surface area contributed by atoms with Crippen LogP contribution in [0, 0.1) is 6.92 Å². The van der Waals surface area contributed by atoms with Gasteiger partial charge in [-0.1, -0.05) is 28.1 Å². The van der Waals surface area contributed by atoms with Gasteiger partial charge in [-0.05, 0) is 43.7 Å². The van der Waals surface area contributed by atoms with Crippen LogP contribution in [-0.4, -0.2) is 0 Å². The van der Waals surface area contributed by atoms with Crippen molar-refractivity contribution < 1.29 is 0 Å². The van der Waals surface area contributed by atoms with E-state index in [9.17, 15) is 0 Å². The Balaban J connectivity index is 1.95. The first-order valence-corrected chi connectivity index (χ1v) is 7.30. The number of hydrogen-bond donors (Lipinski definition) is 1. The van der Waals surface area contributed by atoms with E-state index in [2.05, 4.69) is 71.5 Å². The first-order chi connectivity index (χ1) is 8.15. The van der Waals surface area contributed by atoms with Gasteiger partial charge in [0.05, 0.1) is 0 Å². The van der Waals surface area contributed by atoms with Crippen LogP contribution in [-0.2, 0) is 6.54 Å². The quantitative estimate of drug-likeness (QED) is 0.865. The predicted molar refractivity (Wildman–Crippen MR) is 78.5 cm³/mol. The maximum absolute atomic E-state index is 3.55. The van der Waals surface area contributed by atoms with Crippen molar-refractivity contribution in [2.75, 3.05) is 0 Å². The van der Waals surface area contributed by atoms with Crippen LogP contribution in [0.4, 0.5) is 0 Å². The van der Waals surface area contributed by atoms with E-state index >= 15 is 0 Å². The third-order valence-electron chi connectivity index (χ3n) is 2.73. The summed E-state index contributed by atoms with van der Waals surface area (Å²) in [6.07, 6.45) is 0. The molecule has 0 fully saturated rings. The monoisotopic (exact) mass is 309 g/mol. The minimum atomic E-state index is 0.370. The number of halogens is 1. The molecule has 1 aromatic carbocycles. The lowest BCUT2D eigenvalue weighted by Gasteiger charge is -2.13. The highest BCUT2D eigenvalue weighted by atomic mass is 79.9. The minimum Gasteiger partial charge on any atom is -0.305 e. The molecule has 1 heterocycles. The Kier molecular flexibility index (Phi) is 4.37. The summed E-state index contributed by atoms with van der Waals surface area (Å²) < 4.78 is 1.13. The number of nitrogens with one attached hydrogen (secondary N) is 1. The zero-order valence-corrected chi connectivity index (χ0v) is 12.4. The Morgan fingerprint density at radius 3 is 2.76 bits per heavy atom. The maximum atomic E-state index is 3.55. The average molecular weight is 310 g/mol. The summed E-state index contributed by atoms with van der Waals surface area (Å²) in [5, 5.41) is 3.55. The third-order valence-corrected chi connectivity index (χ3v) is 4.22. The molecule has 0 amide bonds. The molecule has 0 saturated carbocycles. The van der Waals surface area contributed by atoms with Gasteiger partial charge in [-0.3, -0.25) is 0 Å². The van der Waals surface area contributed by atoms with Gasteiger partial charge in [-0.15, -0.1) is 11.3 Å². The van der Waals surface area contributed by atoms with E-state index in [-0.39, 0.29) is 0 Å². The zero-order valence-electron chi connectivity index (χ0n) is 10.0. The highest BCUT2D eigenvalue weighted by molar-refractivity contribution is 9.10. The smallest absolute Gasteiger partial charge is 0.0305 e. The highest BCUT2D eigenvalue weighted by Crippen LogP contribution is 2.20. The Morgan fingerprint density at radius 1 is 1.29 bits per heavy atom. The van der Waals surface area contributed by atoms with E-state index in [4.69, 9.17) is 0 Å². The second-order valence-electron chi connectivity index (χ2n) is 4.17. The molecule has 90 valence electrons.